The lowest BCUT2D eigenvalue weighted by Crippen LogP contribution is -1.89. The number of hydrogen-bond acceptors (Lipinski definition) is 4. The first kappa shape index (κ1) is 6.12. The van der Waals surface area contributed by atoms with E-state index in [0.717, 1.165) is 0 Å². The minimum absolute atomic E-state index is 0.265. The molecule has 1 rings (SSSR count). The minimum atomic E-state index is 0.265. The molecule has 5 heteroatoms. The van der Waals surface area contributed by atoms with Crippen molar-refractivity contribution in [3.8, 4) is 12.3 Å². The molecule has 0 amide bonds. The number of rotatable bonds is 1. The fourth-order valence-electron chi connectivity index (χ4n) is 0.527. The number of nitrogens with zero attached hydrogens (tertiary/aromatic N) is 3. The first-order chi connectivity index (χ1) is 4.88. The Morgan fingerprint density at radius 3 is 3.00 bits per heavy atom. The van der Waals surface area contributed by atoms with Gasteiger partial charge in [-0.15, -0.1) is 0 Å². The van der Waals surface area contributed by atoms with Crippen molar-refractivity contribution in [3.05, 3.63) is 12.0 Å². The van der Waals surface area contributed by atoms with Crippen molar-refractivity contribution in [1.82, 2.24) is 9.97 Å². The molecule has 10 heavy (non-hydrogen) atoms. The van der Waals surface area contributed by atoms with E-state index in [9.17, 15) is 0 Å². The van der Waals surface area contributed by atoms with Crippen LogP contribution in [0, 0.1) is 22.8 Å². The van der Waals surface area contributed by atoms with E-state index in [2.05, 4.69) is 15.3 Å². The summed E-state index contributed by atoms with van der Waals surface area (Å²) in [6, 6.07) is 1.83. The van der Waals surface area contributed by atoms with Gasteiger partial charge in [-0.05, 0) is 0 Å². The Morgan fingerprint density at radius 2 is 2.40 bits per heavy atom. The fraction of sp³-hybridized carbons (Fsp3) is 0. The molecule has 0 atom stereocenters. The van der Waals surface area contributed by atoms with Crippen LogP contribution in [0.1, 0.15) is 5.69 Å². The Hall–Kier alpha value is -2.01. The van der Waals surface area contributed by atoms with Gasteiger partial charge < -0.3 is 4.98 Å². The second-order valence-electron chi connectivity index (χ2n) is 1.47. The highest BCUT2D eigenvalue weighted by Crippen LogP contribution is 2.05. The number of aromatic amines is 1. The van der Waals surface area contributed by atoms with Gasteiger partial charge in [0.25, 0.3) is 0 Å². The van der Waals surface area contributed by atoms with Gasteiger partial charge in [-0.25, -0.2) is 4.98 Å². The highest BCUT2D eigenvalue weighted by Gasteiger charge is 2.00. The zero-order valence-corrected chi connectivity index (χ0v) is 4.92. The number of hydrogen-bond donors (Lipinski definition) is 2. The SMILES string of the molecule is N#CNc1nc[nH]c1C#N. The summed E-state index contributed by atoms with van der Waals surface area (Å²) >= 11 is 0. The van der Waals surface area contributed by atoms with Crippen LogP contribution in [0.4, 0.5) is 5.82 Å². The molecular weight excluding hydrogens is 130 g/mol. The summed E-state index contributed by atoms with van der Waals surface area (Å²) in [5.74, 6) is 0.269. The highest BCUT2D eigenvalue weighted by atomic mass is 15.0. The van der Waals surface area contributed by atoms with Crippen molar-refractivity contribution in [1.29, 1.82) is 10.5 Å². The van der Waals surface area contributed by atoms with E-state index in [1.807, 2.05) is 6.07 Å². The molecule has 0 aromatic carbocycles. The van der Waals surface area contributed by atoms with Crippen LogP contribution >= 0.6 is 0 Å². The molecule has 48 valence electrons. The molecule has 0 fully saturated rings. The summed E-state index contributed by atoms with van der Waals surface area (Å²) in [6.07, 6.45) is 3.01. The van der Waals surface area contributed by atoms with Crippen LogP contribution in [-0.4, -0.2) is 9.97 Å². The van der Waals surface area contributed by atoms with E-state index in [-0.39, 0.29) is 11.5 Å². The number of aromatic nitrogens is 2. The fourth-order valence-corrected chi connectivity index (χ4v) is 0.527. The molecule has 5 nitrogen and oxygen atoms in total. The zero-order valence-electron chi connectivity index (χ0n) is 4.92. The molecule has 0 spiro atoms. The van der Waals surface area contributed by atoms with E-state index in [4.69, 9.17) is 10.5 Å². The van der Waals surface area contributed by atoms with Crippen molar-refractivity contribution in [2.24, 2.45) is 0 Å². The van der Waals surface area contributed by atoms with Crippen LogP contribution < -0.4 is 5.32 Å². The third-order valence-corrected chi connectivity index (χ3v) is 0.925. The van der Waals surface area contributed by atoms with E-state index in [1.54, 1.807) is 6.19 Å². The first-order valence-corrected chi connectivity index (χ1v) is 2.47. The summed E-state index contributed by atoms with van der Waals surface area (Å²) in [7, 11) is 0. The normalized spacial score (nSPS) is 7.80. The number of nitriles is 2. The van der Waals surface area contributed by atoms with Crippen LogP contribution in [0.15, 0.2) is 6.33 Å². The molecule has 1 heterocycles. The second-order valence-corrected chi connectivity index (χ2v) is 1.47. The Kier molecular flexibility index (Phi) is 1.54. The monoisotopic (exact) mass is 133 g/mol. The average molecular weight is 133 g/mol. The standard InChI is InChI=1S/C5H3N5/c6-1-4-5(8-2-7)10-3-9-4/h3,8H,(H,9,10). The van der Waals surface area contributed by atoms with Crippen LogP contribution in [0.3, 0.4) is 0 Å². The maximum atomic E-state index is 8.36. The van der Waals surface area contributed by atoms with Gasteiger partial charge in [0.15, 0.2) is 17.7 Å². The van der Waals surface area contributed by atoms with Crippen molar-refractivity contribution in [3.63, 3.8) is 0 Å². The van der Waals surface area contributed by atoms with E-state index in [1.165, 1.54) is 6.33 Å². The van der Waals surface area contributed by atoms with Gasteiger partial charge in [-0.3, -0.25) is 5.32 Å². The summed E-state index contributed by atoms with van der Waals surface area (Å²) in [4.78, 5) is 6.22. The van der Waals surface area contributed by atoms with Gasteiger partial charge in [-0.1, -0.05) is 0 Å². The molecular formula is C5H3N5. The lowest BCUT2D eigenvalue weighted by atomic mass is 10.5. The minimum Gasteiger partial charge on any atom is -0.335 e. The van der Waals surface area contributed by atoms with Crippen LogP contribution in [0.25, 0.3) is 0 Å². The van der Waals surface area contributed by atoms with Gasteiger partial charge in [0.05, 0.1) is 6.33 Å². The van der Waals surface area contributed by atoms with Crippen molar-refractivity contribution >= 4 is 5.82 Å². The van der Waals surface area contributed by atoms with Crippen molar-refractivity contribution in [2.45, 2.75) is 0 Å². The topological polar surface area (TPSA) is 88.3 Å². The van der Waals surface area contributed by atoms with Crippen molar-refractivity contribution < 1.29 is 0 Å². The molecule has 0 aliphatic carbocycles. The van der Waals surface area contributed by atoms with Crippen molar-refractivity contribution in [2.75, 3.05) is 5.32 Å². The average Bonchev–Trinajstić information content (AvgIpc) is 2.36. The molecule has 0 aliphatic heterocycles. The molecule has 0 saturated carbocycles. The Labute approximate surface area is 56.9 Å². The zero-order chi connectivity index (χ0) is 7.40. The molecule has 0 radical (unpaired) electrons. The maximum absolute atomic E-state index is 8.36. The smallest absolute Gasteiger partial charge is 0.182 e. The van der Waals surface area contributed by atoms with Crippen LogP contribution in [-0.2, 0) is 0 Å². The summed E-state index contributed by atoms with van der Waals surface area (Å²) in [5.41, 5.74) is 0.265. The lowest BCUT2D eigenvalue weighted by molar-refractivity contribution is 1.29. The predicted octanol–water partition coefficient (Wildman–Crippen LogP) is 0.174. The first-order valence-electron chi connectivity index (χ1n) is 2.47. The third-order valence-electron chi connectivity index (χ3n) is 0.925. The largest absolute Gasteiger partial charge is 0.335 e. The van der Waals surface area contributed by atoms with E-state index in [0.29, 0.717) is 0 Å². The summed E-state index contributed by atoms with van der Waals surface area (Å²) in [6.45, 7) is 0. The quantitative estimate of drug-likeness (QED) is 0.422. The van der Waals surface area contributed by atoms with Gasteiger partial charge in [0.1, 0.15) is 6.07 Å². The maximum Gasteiger partial charge on any atom is 0.182 e. The Morgan fingerprint density at radius 1 is 1.60 bits per heavy atom. The lowest BCUT2D eigenvalue weighted by Gasteiger charge is -1.85. The van der Waals surface area contributed by atoms with E-state index >= 15 is 0 Å². The van der Waals surface area contributed by atoms with E-state index < -0.39 is 0 Å². The Bertz CT molecular complexity index is 299. The van der Waals surface area contributed by atoms with Crippen LogP contribution in [0.5, 0.6) is 0 Å². The summed E-state index contributed by atoms with van der Waals surface area (Å²) in [5, 5.41) is 18.7. The molecule has 0 unspecified atom stereocenters. The van der Waals surface area contributed by atoms with Crippen LogP contribution in [0.2, 0.25) is 0 Å². The molecule has 1 aromatic rings. The number of H-pyrrole nitrogens is 1. The van der Waals surface area contributed by atoms with Gasteiger partial charge >= 0.3 is 0 Å². The Balaban J connectivity index is 2.96. The third kappa shape index (κ3) is 0.884. The highest BCUT2D eigenvalue weighted by molar-refractivity contribution is 5.49. The molecule has 2 N–H and O–H groups in total. The van der Waals surface area contributed by atoms with Gasteiger partial charge in [0.2, 0.25) is 0 Å². The predicted molar refractivity (Wildman–Crippen MR) is 32.5 cm³/mol. The number of anilines is 1. The molecule has 1 aromatic heterocycles. The van der Waals surface area contributed by atoms with Gasteiger partial charge in [0, 0.05) is 0 Å². The molecule has 0 bridgehead atoms. The number of nitrogens with one attached hydrogen (secondary N) is 2. The molecule has 0 saturated heterocycles. The second kappa shape index (κ2) is 2.51. The summed E-state index contributed by atoms with van der Waals surface area (Å²) < 4.78 is 0. The molecule has 0 aliphatic rings. The number of imidazole rings is 1. The van der Waals surface area contributed by atoms with Gasteiger partial charge in [-0.2, -0.15) is 10.5 Å².